The number of aryl methyl sites for hydroxylation is 1. The molecule has 22 heavy (non-hydrogen) atoms. The van der Waals surface area contributed by atoms with Crippen molar-refractivity contribution in [3.05, 3.63) is 51.1 Å². The van der Waals surface area contributed by atoms with E-state index in [2.05, 4.69) is 40.9 Å². The van der Waals surface area contributed by atoms with Crippen LogP contribution in [0.25, 0.3) is 0 Å². The van der Waals surface area contributed by atoms with Gasteiger partial charge in [-0.25, -0.2) is 0 Å². The number of fused-ring (bicyclic) bond motifs is 1. The standard InChI is InChI=1S/C17H16INO3/c1-2-11-9-13(18)4-5-14(11)19-17(20)12-3-6-15-16(10-12)22-8-7-21-15/h3-6,9-10H,2,7-8H2,1H3,(H,19,20). The Balaban J connectivity index is 1.83. The number of rotatable bonds is 3. The molecule has 0 aromatic heterocycles. The smallest absolute Gasteiger partial charge is 0.255 e. The average Bonchev–Trinajstić information content (AvgIpc) is 2.55. The Morgan fingerprint density at radius 1 is 1.14 bits per heavy atom. The summed E-state index contributed by atoms with van der Waals surface area (Å²) in [4.78, 5) is 12.4. The predicted octanol–water partition coefficient (Wildman–Crippen LogP) is 3.88. The lowest BCUT2D eigenvalue weighted by atomic mass is 10.1. The van der Waals surface area contributed by atoms with E-state index in [4.69, 9.17) is 9.47 Å². The second kappa shape index (κ2) is 6.56. The molecule has 0 fully saturated rings. The molecule has 114 valence electrons. The van der Waals surface area contributed by atoms with Gasteiger partial charge in [-0.15, -0.1) is 0 Å². The predicted molar refractivity (Wildman–Crippen MR) is 93.9 cm³/mol. The number of hydrogen-bond donors (Lipinski definition) is 1. The quantitative estimate of drug-likeness (QED) is 0.783. The second-order valence-corrected chi connectivity index (χ2v) is 6.21. The highest BCUT2D eigenvalue weighted by molar-refractivity contribution is 14.1. The van der Waals surface area contributed by atoms with Crippen molar-refractivity contribution in [3.63, 3.8) is 0 Å². The minimum Gasteiger partial charge on any atom is -0.486 e. The minimum atomic E-state index is -0.145. The summed E-state index contributed by atoms with van der Waals surface area (Å²) in [6.07, 6.45) is 0.869. The highest BCUT2D eigenvalue weighted by Gasteiger charge is 2.15. The Morgan fingerprint density at radius 2 is 1.91 bits per heavy atom. The lowest BCUT2D eigenvalue weighted by Gasteiger charge is -2.19. The van der Waals surface area contributed by atoms with Gasteiger partial charge in [0.25, 0.3) is 5.91 Å². The van der Waals surface area contributed by atoms with Crippen LogP contribution in [0.4, 0.5) is 5.69 Å². The van der Waals surface area contributed by atoms with Gasteiger partial charge in [0.2, 0.25) is 0 Å². The number of carbonyl (C=O) groups excluding carboxylic acids is 1. The zero-order valence-corrected chi connectivity index (χ0v) is 14.3. The van der Waals surface area contributed by atoms with Crippen molar-refractivity contribution in [3.8, 4) is 11.5 Å². The van der Waals surface area contributed by atoms with E-state index in [-0.39, 0.29) is 5.91 Å². The molecule has 1 N–H and O–H groups in total. The van der Waals surface area contributed by atoms with Crippen LogP contribution in [0.3, 0.4) is 0 Å². The first-order valence-corrected chi connectivity index (χ1v) is 8.24. The molecule has 0 spiro atoms. The van der Waals surface area contributed by atoms with Gasteiger partial charge in [0.15, 0.2) is 11.5 Å². The summed E-state index contributed by atoms with van der Waals surface area (Å²) in [5.41, 5.74) is 2.53. The van der Waals surface area contributed by atoms with Crippen LogP contribution in [0, 0.1) is 3.57 Å². The van der Waals surface area contributed by atoms with Crippen molar-refractivity contribution >= 4 is 34.2 Å². The summed E-state index contributed by atoms with van der Waals surface area (Å²) in [7, 11) is 0. The first-order chi connectivity index (χ1) is 10.7. The number of hydrogen-bond acceptors (Lipinski definition) is 3. The molecule has 1 aliphatic rings. The highest BCUT2D eigenvalue weighted by Crippen LogP contribution is 2.31. The van der Waals surface area contributed by atoms with Crippen LogP contribution >= 0.6 is 22.6 Å². The van der Waals surface area contributed by atoms with E-state index in [1.54, 1.807) is 18.2 Å². The summed E-state index contributed by atoms with van der Waals surface area (Å²) < 4.78 is 12.1. The van der Waals surface area contributed by atoms with Crippen molar-refractivity contribution in [1.29, 1.82) is 0 Å². The largest absolute Gasteiger partial charge is 0.486 e. The number of halogens is 1. The van der Waals surface area contributed by atoms with Crippen LogP contribution in [-0.4, -0.2) is 19.1 Å². The van der Waals surface area contributed by atoms with E-state index in [0.29, 0.717) is 30.3 Å². The van der Waals surface area contributed by atoms with Crippen molar-refractivity contribution in [2.75, 3.05) is 18.5 Å². The minimum absolute atomic E-state index is 0.145. The lowest BCUT2D eigenvalue weighted by molar-refractivity contribution is 0.102. The van der Waals surface area contributed by atoms with Gasteiger partial charge in [-0.1, -0.05) is 6.92 Å². The molecular weight excluding hydrogens is 393 g/mol. The zero-order valence-electron chi connectivity index (χ0n) is 12.2. The molecule has 0 unspecified atom stereocenters. The number of ether oxygens (including phenoxy) is 2. The molecule has 5 heteroatoms. The van der Waals surface area contributed by atoms with Crippen LogP contribution in [0.5, 0.6) is 11.5 Å². The summed E-state index contributed by atoms with van der Waals surface area (Å²) in [5.74, 6) is 1.16. The fourth-order valence-corrected chi connectivity index (χ4v) is 2.91. The van der Waals surface area contributed by atoms with Crippen molar-refractivity contribution in [2.24, 2.45) is 0 Å². The van der Waals surface area contributed by atoms with Gasteiger partial charge in [0.1, 0.15) is 13.2 Å². The zero-order chi connectivity index (χ0) is 15.5. The summed E-state index contributed by atoms with van der Waals surface area (Å²) in [5, 5.41) is 2.97. The summed E-state index contributed by atoms with van der Waals surface area (Å²) in [6, 6.07) is 11.3. The van der Waals surface area contributed by atoms with E-state index < -0.39 is 0 Å². The lowest BCUT2D eigenvalue weighted by Crippen LogP contribution is -2.17. The molecule has 0 radical (unpaired) electrons. The van der Waals surface area contributed by atoms with Crippen molar-refractivity contribution in [2.45, 2.75) is 13.3 Å². The topological polar surface area (TPSA) is 47.6 Å². The molecule has 2 aromatic carbocycles. The summed E-state index contributed by atoms with van der Waals surface area (Å²) in [6.45, 7) is 3.13. The van der Waals surface area contributed by atoms with E-state index in [1.165, 1.54) is 0 Å². The molecule has 1 aliphatic heterocycles. The van der Waals surface area contributed by atoms with Crippen LogP contribution < -0.4 is 14.8 Å². The molecule has 3 rings (SSSR count). The molecule has 4 nitrogen and oxygen atoms in total. The molecule has 1 heterocycles. The summed E-state index contributed by atoms with van der Waals surface area (Å²) >= 11 is 2.27. The van der Waals surface area contributed by atoms with Crippen LogP contribution in [-0.2, 0) is 6.42 Å². The van der Waals surface area contributed by atoms with Gasteiger partial charge in [-0.3, -0.25) is 4.79 Å². The first-order valence-electron chi connectivity index (χ1n) is 7.17. The molecule has 0 bridgehead atoms. The molecule has 1 amide bonds. The van der Waals surface area contributed by atoms with Crippen LogP contribution in [0.15, 0.2) is 36.4 Å². The van der Waals surface area contributed by atoms with Gasteiger partial charge in [-0.2, -0.15) is 0 Å². The first kappa shape index (κ1) is 15.1. The third kappa shape index (κ3) is 3.19. The number of anilines is 1. The highest BCUT2D eigenvalue weighted by atomic mass is 127. The second-order valence-electron chi connectivity index (χ2n) is 4.97. The van der Waals surface area contributed by atoms with Crippen LogP contribution in [0.2, 0.25) is 0 Å². The average molecular weight is 409 g/mol. The van der Waals surface area contributed by atoms with Gasteiger partial charge in [-0.05, 0) is 71.0 Å². The fourth-order valence-electron chi connectivity index (χ4n) is 2.36. The monoisotopic (exact) mass is 409 g/mol. The Morgan fingerprint density at radius 3 is 2.68 bits per heavy atom. The maximum Gasteiger partial charge on any atom is 0.255 e. The van der Waals surface area contributed by atoms with E-state index in [1.807, 2.05) is 12.1 Å². The molecule has 0 saturated heterocycles. The number of amides is 1. The molecule has 0 aliphatic carbocycles. The van der Waals surface area contributed by atoms with Gasteiger partial charge in [0.05, 0.1) is 0 Å². The van der Waals surface area contributed by atoms with Gasteiger partial charge in [0, 0.05) is 14.8 Å². The van der Waals surface area contributed by atoms with Gasteiger partial charge < -0.3 is 14.8 Å². The molecular formula is C17H16INO3. The van der Waals surface area contributed by atoms with Crippen molar-refractivity contribution < 1.29 is 14.3 Å². The maximum absolute atomic E-state index is 12.4. The van der Waals surface area contributed by atoms with E-state index in [0.717, 1.165) is 21.2 Å². The Kier molecular flexibility index (Phi) is 4.52. The number of nitrogens with one attached hydrogen (secondary N) is 1. The Hall–Kier alpha value is -1.76. The number of benzene rings is 2. The normalized spacial score (nSPS) is 12.8. The third-order valence-electron chi connectivity index (χ3n) is 3.50. The van der Waals surface area contributed by atoms with Crippen molar-refractivity contribution in [1.82, 2.24) is 0 Å². The third-order valence-corrected chi connectivity index (χ3v) is 4.17. The van der Waals surface area contributed by atoms with Gasteiger partial charge >= 0.3 is 0 Å². The molecule has 2 aromatic rings. The number of carbonyl (C=O) groups is 1. The fraction of sp³-hybridized carbons (Fsp3) is 0.235. The SMILES string of the molecule is CCc1cc(I)ccc1NC(=O)c1ccc2c(c1)OCCO2. The maximum atomic E-state index is 12.4. The Bertz CT molecular complexity index is 715. The molecule has 0 atom stereocenters. The Labute approximate surface area is 143 Å². The van der Waals surface area contributed by atoms with E-state index >= 15 is 0 Å². The van der Waals surface area contributed by atoms with E-state index in [9.17, 15) is 4.79 Å². The van der Waals surface area contributed by atoms with Crippen LogP contribution in [0.1, 0.15) is 22.8 Å². The molecule has 0 saturated carbocycles.